The van der Waals surface area contributed by atoms with Gasteiger partial charge in [-0.2, -0.15) is 5.26 Å². The van der Waals surface area contributed by atoms with Gasteiger partial charge in [0.25, 0.3) is 0 Å². The monoisotopic (exact) mass is 258 g/mol. The van der Waals surface area contributed by atoms with E-state index in [1.54, 1.807) is 25.1 Å². The Morgan fingerprint density at radius 2 is 2.21 bits per heavy atom. The zero-order valence-electron chi connectivity index (χ0n) is 10.2. The van der Waals surface area contributed by atoms with Gasteiger partial charge >= 0.3 is 0 Å². The third-order valence-corrected chi connectivity index (χ3v) is 2.53. The van der Waals surface area contributed by atoms with Crippen LogP contribution in [0.1, 0.15) is 24.2 Å². The molecule has 0 aliphatic carbocycles. The second kappa shape index (κ2) is 5.46. The molecule has 0 saturated heterocycles. The van der Waals surface area contributed by atoms with E-state index in [0.717, 1.165) is 6.07 Å². The summed E-state index contributed by atoms with van der Waals surface area (Å²) >= 11 is 0. The van der Waals surface area contributed by atoms with Crippen molar-refractivity contribution in [3.8, 4) is 17.7 Å². The minimum absolute atomic E-state index is 0.0517. The summed E-state index contributed by atoms with van der Waals surface area (Å²) in [5.41, 5.74) is 0.455. The summed E-state index contributed by atoms with van der Waals surface area (Å²) in [7, 11) is 0. The number of aliphatic hydroxyl groups is 1. The van der Waals surface area contributed by atoms with Crippen molar-refractivity contribution in [1.82, 2.24) is 4.98 Å². The van der Waals surface area contributed by atoms with E-state index >= 15 is 0 Å². The number of halogens is 1. The van der Waals surface area contributed by atoms with E-state index in [2.05, 4.69) is 4.98 Å². The Hall–Kier alpha value is -2.45. The Morgan fingerprint density at radius 1 is 1.42 bits per heavy atom. The van der Waals surface area contributed by atoms with Crippen molar-refractivity contribution >= 4 is 0 Å². The quantitative estimate of drug-likeness (QED) is 0.919. The molecule has 0 bridgehead atoms. The first-order valence-corrected chi connectivity index (χ1v) is 5.62. The summed E-state index contributed by atoms with van der Waals surface area (Å²) in [4.78, 5) is 4.00. The number of ether oxygens (including phenoxy) is 1. The van der Waals surface area contributed by atoms with E-state index in [9.17, 15) is 9.50 Å². The third kappa shape index (κ3) is 2.87. The fourth-order valence-electron chi connectivity index (χ4n) is 1.57. The van der Waals surface area contributed by atoms with Gasteiger partial charge in [0.05, 0.1) is 11.7 Å². The Labute approximate surface area is 109 Å². The predicted molar refractivity (Wildman–Crippen MR) is 66.1 cm³/mol. The molecule has 2 aromatic rings. The average Bonchev–Trinajstić information content (AvgIpc) is 2.39. The van der Waals surface area contributed by atoms with Gasteiger partial charge in [-0.05, 0) is 31.2 Å². The van der Waals surface area contributed by atoms with Crippen LogP contribution < -0.4 is 4.74 Å². The standard InChI is InChI=1S/C14H11FN2O2/c1-9(18)12-3-2-6-17-14(12)19-11-5-4-10(8-16)13(15)7-11/h2-7,9,18H,1H3/t9-/m0/s1. The lowest BCUT2D eigenvalue weighted by molar-refractivity contribution is 0.194. The van der Waals surface area contributed by atoms with Crippen molar-refractivity contribution in [1.29, 1.82) is 5.26 Å². The number of benzene rings is 1. The molecule has 0 unspecified atom stereocenters. The molecule has 4 nitrogen and oxygen atoms in total. The molecule has 0 amide bonds. The van der Waals surface area contributed by atoms with Crippen LogP contribution in [0.5, 0.6) is 11.6 Å². The maximum Gasteiger partial charge on any atom is 0.225 e. The van der Waals surface area contributed by atoms with Gasteiger partial charge in [0, 0.05) is 17.8 Å². The number of rotatable bonds is 3. The highest BCUT2D eigenvalue weighted by atomic mass is 19.1. The molecule has 19 heavy (non-hydrogen) atoms. The van der Waals surface area contributed by atoms with Gasteiger partial charge < -0.3 is 9.84 Å². The molecule has 1 aromatic carbocycles. The highest BCUT2D eigenvalue weighted by Gasteiger charge is 2.11. The minimum Gasteiger partial charge on any atom is -0.439 e. The molecule has 0 aliphatic rings. The number of pyridine rings is 1. The number of nitriles is 1. The Balaban J connectivity index is 2.32. The number of aliphatic hydroxyl groups excluding tert-OH is 1. The van der Waals surface area contributed by atoms with Crippen LogP contribution >= 0.6 is 0 Å². The van der Waals surface area contributed by atoms with Crippen molar-refractivity contribution < 1.29 is 14.2 Å². The number of hydrogen-bond acceptors (Lipinski definition) is 4. The molecule has 5 heteroatoms. The van der Waals surface area contributed by atoms with Gasteiger partial charge in [0.1, 0.15) is 17.6 Å². The van der Waals surface area contributed by atoms with Crippen molar-refractivity contribution in [2.75, 3.05) is 0 Å². The Morgan fingerprint density at radius 3 is 2.84 bits per heavy atom. The molecule has 96 valence electrons. The van der Waals surface area contributed by atoms with Crippen molar-refractivity contribution in [2.24, 2.45) is 0 Å². The summed E-state index contributed by atoms with van der Waals surface area (Å²) in [5.74, 6) is -0.228. The van der Waals surface area contributed by atoms with Crippen molar-refractivity contribution in [3.05, 3.63) is 53.5 Å². The normalized spacial score (nSPS) is 11.7. The first-order chi connectivity index (χ1) is 9.11. The fraction of sp³-hybridized carbons (Fsp3) is 0.143. The lowest BCUT2D eigenvalue weighted by Gasteiger charge is -2.11. The van der Waals surface area contributed by atoms with Crippen LogP contribution in [0.25, 0.3) is 0 Å². The molecule has 0 spiro atoms. The van der Waals surface area contributed by atoms with Gasteiger partial charge in [-0.15, -0.1) is 0 Å². The molecule has 2 rings (SSSR count). The molecule has 1 N–H and O–H groups in total. The number of nitrogens with zero attached hydrogens (tertiary/aromatic N) is 2. The molecule has 1 aromatic heterocycles. The zero-order valence-corrected chi connectivity index (χ0v) is 10.2. The van der Waals surface area contributed by atoms with Crippen molar-refractivity contribution in [3.63, 3.8) is 0 Å². The lowest BCUT2D eigenvalue weighted by atomic mass is 10.2. The predicted octanol–water partition coefficient (Wildman–Crippen LogP) is 2.94. The SMILES string of the molecule is C[C@H](O)c1cccnc1Oc1ccc(C#N)c(F)c1. The zero-order chi connectivity index (χ0) is 13.8. The molecule has 0 fully saturated rings. The van der Waals surface area contributed by atoms with Crippen LogP contribution in [-0.4, -0.2) is 10.1 Å². The summed E-state index contributed by atoms with van der Waals surface area (Å²) in [5, 5.41) is 18.2. The number of hydrogen-bond donors (Lipinski definition) is 1. The van der Waals surface area contributed by atoms with Crippen LogP contribution in [0.4, 0.5) is 4.39 Å². The smallest absolute Gasteiger partial charge is 0.225 e. The van der Waals surface area contributed by atoms with E-state index < -0.39 is 11.9 Å². The maximum atomic E-state index is 13.4. The first kappa shape index (κ1) is 13.0. The number of aromatic nitrogens is 1. The molecular weight excluding hydrogens is 247 g/mol. The van der Waals surface area contributed by atoms with Gasteiger partial charge in [-0.1, -0.05) is 0 Å². The van der Waals surface area contributed by atoms with Crippen LogP contribution in [0.15, 0.2) is 36.5 Å². The van der Waals surface area contributed by atoms with Gasteiger partial charge in [0.2, 0.25) is 5.88 Å². The maximum absolute atomic E-state index is 13.4. The highest BCUT2D eigenvalue weighted by Crippen LogP contribution is 2.27. The molecule has 1 atom stereocenters. The molecule has 1 heterocycles. The molecule has 0 saturated carbocycles. The lowest BCUT2D eigenvalue weighted by Crippen LogP contribution is -1.98. The second-order valence-corrected chi connectivity index (χ2v) is 3.93. The van der Waals surface area contributed by atoms with Gasteiger partial charge in [-0.3, -0.25) is 0 Å². The summed E-state index contributed by atoms with van der Waals surface area (Å²) in [6, 6.07) is 8.99. The van der Waals surface area contributed by atoms with Gasteiger partial charge in [0.15, 0.2) is 0 Å². The minimum atomic E-state index is -0.744. The topological polar surface area (TPSA) is 66.1 Å². The molecular formula is C14H11FN2O2. The Bertz CT molecular complexity index is 636. The van der Waals surface area contributed by atoms with E-state index in [0.29, 0.717) is 5.56 Å². The molecule has 0 radical (unpaired) electrons. The Kier molecular flexibility index (Phi) is 3.74. The van der Waals surface area contributed by atoms with E-state index in [-0.39, 0.29) is 17.2 Å². The third-order valence-electron chi connectivity index (χ3n) is 2.53. The second-order valence-electron chi connectivity index (χ2n) is 3.93. The summed E-state index contributed by atoms with van der Waals surface area (Å²) in [6.07, 6.45) is 0.772. The fourth-order valence-corrected chi connectivity index (χ4v) is 1.57. The van der Waals surface area contributed by atoms with Crippen LogP contribution in [0, 0.1) is 17.1 Å². The van der Waals surface area contributed by atoms with E-state index in [1.807, 2.05) is 0 Å². The van der Waals surface area contributed by atoms with E-state index in [1.165, 1.54) is 18.3 Å². The summed E-state index contributed by atoms with van der Waals surface area (Å²) < 4.78 is 18.9. The van der Waals surface area contributed by atoms with Crippen LogP contribution in [0.3, 0.4) is 0 Å². The average molecular weight is 258 g/mol. The van der Waals surface area contributed by atoms with Gasteiger partial charge in [-0.25, -0.2) is 9.37 Å². The largest absolute Gasteiger partial charge is 0.439 e. The van der Waals surface area contributed by atoms with Crippen LogP contribution in [-0.2, 0) is 0 Å². The van der Waals surface area contributed by atoms with Crippen molar-refractivity contribution in [2.45, 2.75) is 13.0 Å². The first-order valence-electron chi connectivity index (χ1n) is 5.62. The van der Waals surface area contributed by atoms with Crippen LogP contribution in [0.2, 0.25) is 0 Å². The summed E-state index contributed by atoms with van der Waals surface area (Å²) in [6.45, 7) is 1.59. The van der Waals surface area contributed by atoms with E-state index in [4.69, 9.17) is 10.00 Å². The highest BCUT2D eigenvalue weighted by molar-refractivity contribution is 5.39. The molecule has 0 aliphatic heterocycles.